The van der Waals surface area contributed by atoms with Gasteiger partial charge in [0.05, 0.1) is 23.4 Å². The van der Waals surface area contributed by atoms with Crippen LogP contribution in [-0.2, 0) is 9.59 Å². The lowest BCUT2D eigenvalue weighted by molar-refractivity contribution is -0.134. The van der Waals surface area contributed by atoms with Crippen LogP contribution < -0.4 is 21.1 Å². The van der Waals surface area contributed by atoms with E-state index < -0.39 is 0 Å². The minimum atomic E-state index is -0.258. The summed E-state index contributed by atoms with van der Waals surface area (Å²) in [5, 5.41) is 6.46. The third-order valence-corrected chi connectivity index (χ3v) is 12.3. The Morgan fingerprint density at radius 1 is 0.889 bits per heavy atom. The van der Waals surface area contributed by atoms with Crippen molar-refractivity contribution in [1.82, 2.24) is 29.7 Å². The van der Waals surface area contributed by atoms with Gasteiger partial charge in [0, 0.05) is 43.7 Å². The number of Topliss-reactive ketones (excluding diaryl/α,β-unsaturated/α-hetero) is 1. The molecule has 4 aromatic rings. The SMILES string of the molecule is CC(=O)c1c(C)c2cnc(Nc3ccc(N4CCC(CN5CCC(c6cccc(C7CCC(=O)NC7=O)c6)CC5)CC4)cn3)nc2n(C2CCCC2)c1=O. The van der Waals surface area contributed by atoms with Crippen LogP contribution >= 0.6 is 0 Å². The van der Waals surface area contributed by atoms with Crippen LogP contribution in [0, 0.1) is 12.8 Å². The standard InChI is InChI=1S/C42H50N8O4/c1-26-35-24-44-42(47-39(35)50(32-8-3-4-9-32)41(54)38(26)27(2)51)45-36-12-10-33(23-43-36)49-20-14-28(15-21-49)25-48-18-16-29(17-19-48)30-6-5-7-31(22-30)34-11-13-37(52)46-40(34)53/h5-7,10,12,22-24,28-29,32,34H,3-4,8-9,11,13-21,25H2,1-2H3,(H,46,52,53)(H,43,44,45,47). The van der Waals surface area contributed by atoms with Crippen molar-refractivity contribution in [2.75, 3.05) is 42.9 Å². The third-order valence-electron chi connectivity index (χ3n) is 12.3. The molecule has 0 bridgehead atoms. The molecule has 1 aromatic carbocycles. The number of hydrogen-bond donors (Lipinski definition) is 2. The van der Waals surface area contributed by atoms with Crippen LogP contribution in [0.5, 0.6) is 0 Å². The van der Waals surface area contributed by atoms with Gasteiger partial charge in [-0.1, -0.05) is 37.1 Å². The molecule has 1 saturated carbocycles. The van der Waals surface area contributed by atoms with Crippen molar-refractivity contribution in [2.24, 2.45) is 5.92 Å². The van der Waals surface area contributed by atoms with Gasteiger partial charge < -0.3 is 15.1 Å². The molecule has 12 nitrogen and oxygen atoms in total. The summed E-state index contributed by atoms with van der Waals surface area (Å²) in [6, 6.07) is 12.6. The fourth-order valence-corrected chi connectivity index (χ4v) is 9.30. The van der Waals surface area contributed by atoms with Gasteiger partial charge in [0.1, 0.15) is 11.5 Å². The molecule has 54 heavy (non-hydrogen) atoms. The number of likely N-dealkylation sites (tertiary alicyclic amines) is 1. The molecule has 282 valence electrons. The van der Waals surface area contributed by atoms with E-state index in [-0.39, 0.29) is 40.7 Å². The number of hydrogen-bond acceptors (Lipinski definition) is 10. The van der Waals surface area contributed by atoms with Crippen molar-refractivity contribution < 1.29 is 14.4 Å². The zero-order valence-electron chi connectivity index (χ0n) is 31.4. The lowest BCUT2D eigenvalue weighted by Crippen LogP contribution is -2.41. The van der Waals surface area contributed by atoms with Gasteiger partial charge in [0.25, 0.3) is 5.56 Å². The molecule has 1 atom stereocenters. The predicted octanol–water partition coefficient (Wildman–Crippen LogP) is 6.17. The molecule has 12 heteroatoms. The van der Waals surface area contributed by atoms with Crippen LogP contribution in [0.15, 0.2) is 53.6 Å². The first-order valence-electron chi connectivity index (χ1n) is 19.8. The van der Waals surface area contributed by atoms with Crippen LogP contribution in [0.25, 0.3) is 11.0 Å². The number of aryl methyl sites for hydroxylation is 1. The fraction of sp³-hybridized carbons (Fsp3) is 0.500. The Labute approximate surface area is 315 Å². The second-order valence-corrected chi connectivity index (χ2v) is 15.8. The van der Waals surface area contributed by atoms with E-state index in [1.54, 1.807) is 17.7 Å². The van der Waals surface area contributed by atoms with Gasteiger partial charge in [-0.15, -0.1) is 0 Å². The minimum absolute atomic E-state index is 0.0265. The summed E-state index contributed by atoms with van der Waals surface area (Å²) in [5.74, 6) is 1.37. The van der Waals surface area contributed by atoms with Gasteiger partial charge in [-0.3, -0.25) is 29.1 Å². The molecule has 8 rings (SSSR count). The highest BCUT2D eigenvalue weighted by Gasteiger charge is 2.30. The second-order valence-electron chi connectivity index (χ2n) is 15.8. The number of aromatic nitrogens is 4. The van der Waals surface area contributed by atoms with E-state index in [0.717, 1.165) is 101 Å². The molecule has 3 aliphatic heterocycles. The first kappa shape index (κ1) is 36.0. The van der Waals surface area contributed by atoms with E-state index in [0.29, 0.717) is 47.7 Å². The number of anilines is 3. The molecule has 0 radical (unpaired) electrons. The Hall–Kier alpha value is -4.97. The number of pyridine rings is 2. The maximum Gasteiger partial charge on any atom is 0.263 e. The van der Waals surface area contributed by atoms with Crippen LogP contribution in [0.1, 0.15) is 116 Å². The first-order chi connectivity index (χ1) is 26.2. The Bertz CT molecular complexity index is 2110. The molecule has 3 saturated heterocycles. The van der Waals surface area contributed by atoms with Crippen LogP contribution in [0.3, 0.4) is 0 Å². The molecule has 6 heterocycles. The summed E-state index contributed by atoms with van der Waals surface area (Å²) in [6.07, 6.45) is 13.0. The van der Waals surface area contributed by atoms with Gasteiger partial charge in [-0.25, -0.2) is 9.97 Å². The summed E-state index contributed by atoms with van der Waals surface area (Å²) >= 11 is 0. The number of carbonyl (C=O) groups is 3. The van der Waals surface area contributed by atoms with Crippen molar-refractivity contribution >= 4 is 46.1 Å². The molecule has 1 unspecified atom stereocenters. The molecule has 1 aliphatic carbocycles. The summed E-state index contributed by atoms with van der Waals surface area (Å²) < 4.78 is 1.73. The highest BCUT2D eigenvalue weighted by molar-refractivity contribution is 6.01. The molecule has 0 spiro atoms. The average Bonchev–Trinajstić information content (AvgIpc) is 3.70. The second kappa shape index (κ2) is 15.4. The number of nitrogens with one attached hydrogen (secondary N) is 2. The smallest absolute Gasteiger partial charge is 0.263 e. The lowest BCUT2D eigenvalue weighted by Gasteiger charge is -2.38. The van der Waals surface area contributed by atoms with Crippen LogP contribution in [0.4, 0.5) is 17.5 Å². The number of imide groups is 1. The zero-order valence-corrected chi connectivity index (χ0v) is 31.4. The van der Waals surface area contributed by atoms with Crippen molar-refractivity contribution in [3.8, 4) is 0 Å². The minimum Gasteiger partial charge on any atom is -0.370 e. The van der Waals surface area contributed by atoms with E-state index in [4.69, 9.17) is 9.97 Å². The highest BCUT2D eigenvalue weighted by Crippen LogP contribution is 2.34. The summed E-state index contributed by atoms with van der Waals surface area (Å²) in [6.45, 7) is 8.55. The lowest BCUT2D eigenvalue weighted by atomic mass is 9.84. The average molecular weight is 731 g/mol. The van der Waals surface area contributed by atoms with Crippen LogP contribution in [-0.4, -0.2) is 74.7 Å². The van der Waals surface area contributed by atoms with E-state index in [1.807, 2.05) is 18.3 Å². The largest absolute Gasteiger partial charge is 0.370 e. The third kappa shape index (κ3) is 7.40. The van der Waals surface area contributed by atoms with Gasteiger partial charge in [-0.05, 0) is 113 Å². The van der Waals surface area contributed by atoms with Crippen LogP contribution in [0.2, 0.25) is 0 Å². The number of ketones is 1. The Morgan fingerprint density at radius 3 is 2.35 bits per heavy atom. The molecule has 4 fully saturated rings. The highest BCUT2D eigenvalue weighted by atomic mass is 16.2. The molecule has 2 N–H and O–H groups in total. The molecule has 3 aromatic heterocycles. The quantitative estimate of drug-likeness (QED) is 0.152. The van der Waals surface area contributed by atoms with E-state index in [2.05, 4.69) is 49.7 Å². The van der Waals surface area contributed by atoms with E-state index in [1.165, 1.54) is 12.5 Å². The number of amides is 2. The van der Waals surface area contributed by atoms with Gasteiger partial charge in [0.2, 0.25) is 17.8 Å². The Morgan fingerprint density at radius 2 is 1.65 bits per heavy atom. The summed E-state index contributed by atoms with van der Waals surface area (Å²) in [5.41, 5.74) is 4.60. The van der Waals surface area contributed by atoms with Crippen molar-refractivity contribution in [1.29, 1.82) is 0 Å². The first-order valence-corrected chi connectivity index (χ1v) is 19.8. The van der Waals surface area contributed by atoms with Gasteiger partial charge in [0.15, 0.2) is 5.78 Å². The van der Waals surface area contributed by atoms with Gasteiger partial charge >= 0.3 is 0 Å². The topological polar surface area (TPSA) is 142 Å². The van der Waals surface area contributed by atoms with Crippen molar-refractivity contribution in [3.05, 3.63) is 81.4 Å². The molecule has 2 amide bonds. The van der Waals surface area contributed by atoms with E-state index >= 15 is 0 Å². The zero-order chi connectivity index (χ0) is 37.3. The number of piperidine rings is 3. The maximum absolute atomic E-state index is 13.6. The van der Waals surface area contributed by atoms with Crippen molar-refractivity contribution in [2.45, 2.75) is 95.9 Å². The molecular formula is C42H50N8O4. The number of carbonyl (C=O) groups excluding carboxylic acids is 3. The number of rotatable bonds is 9. The molecule has 4 aliphatic rings. The Balaban J connectivity index is 0.843. The predicted molar refractivity (Wildman–Crippen MR) is 208 cm³/mol. The van der Waals surface area contributed by atoms with Crippen molar-refractivity contribution in [3.63, 3.8) is 0 Å². The molecular weight excluding hydrogens is 681 g/mol. The maximum atomic E-state index is 13.6. The Kier molecular flexibility index (Phi) is 10.3. The summed E-state index contributed by atoms with van der Waals surface area (Å²) in [4.78, 5) is 69.2. The monoisotopic (exact) mass is 730 g/mol. The van der Waals surface area contributed by atoms with Gasteiger partial charge in [-0.2, -0.15) is 4.98 Å². The fourth-order valence-electron chi connectivity index (χ4n) is 9.30. The number of nitrogens with zero attached hydrogens (tertiary/aromatic N) is 6. The number of fused-ring (bicyclic) bond motifs is 1. The number of benzene rings is 1. The normalized spacial score (nSPS) is 20.8. The summed E-state index contributed by atoms with van der Waals surface area (Å²) in [7, 11) is 0. The van der Waals surface area contributed by atoms with E-state index in [9.17, 15) is 19.2 Å².